The molecular weight excluding hydrogens is 300 g/mol. The van der Waals surface area contributed by atoms with Crippen molar-refractivity contribution in [1.29, 1.82) is 0 Å². The van der Waals surface area contributed by atoms with Crippen molar-refractivity contribution in [2.75, 3.05) is 13.1 Å². The van der Waals surface area contributed by atoms with Crippen molar-refractivity contribution in [3.05, 3.63) is 64.8 Å². The Morgan fingerprint density at radius 1 is 1.04 bits per heavy atom. The average Bonchev–Trinajstić information content (AvgIpc) is 2.88. The van der Waals surface area contributed by atoms with Gasteiger partial charge in [0.15, 0.2) is 0 Å². The highest BCUT2D eigenvalue weighted by molar-refractivity contribution is 5.76. The molecule has 4 rings (SSSR count). The molecule has 0 radical (unpaired) electrons. The molecule has 5 nitrogen and oxygen atoms in total. The number of benzene rings is 1. The van der Waals surface area contributed by atoms with Crippen LogP contribution in [0.5, 0.6) is 0 Å². The summed E-state index contributed by atoms with van der Waals surface area (Å²) < 4.78 is 3.76. The van der Waals surface area contributed by atoms with Crippen LogP contribution in [-0.4, -0.2) is 32.1 Å². The second kappa shape index (κ2) is 6.24. The van der Waals surface area contributed by atoms with Crippen LogP contribution >= 0.6 is 0 Å². The van der Waals surface area contributed by atoms with Gasteiger partial charge in [-0.05, 0) is 42.7 Å². The fourth-order valence-electron chi connectivity index (χ4n) is 3.75. The average molecular weight is 322 g/mol. The lowest BCUT2D eigenvalue weighted by molar-refractivity contribution is 0.179. The lowest BCUT2D eigenvalue weighted by Gasteiger charge is -2.32. The van der Waals surface area contributed by atoms with E-state index in [1.165, 1.54) is 5.56 Å². The molecular formula is C19H22N4O. The van der Waals surface area contributed by atoms with E-state index in [1.54, 1.807) is 4.57 Å². The fourth-order valence-corrected chi connectivity index (χ4v) is 3.75. The molecule has 1 saturated heterocycles. The molecule has 0 spiro atoms. The Hall–Kier alpha value is -2.40. The quantitative estimate of drug-likeness (QED) is 0.744. The molecule has 1 aromatic carbocycles. The van der Waals surface area contributed by atoms with Gasteiger partial charge in [-0.15, -0.1) is 0 Å². The third kappa shape index (κ3) is 2.65. The molecule has 5 heteroatoms. The molecule has 0 N–H and O–H groups in total. The maximum Gasteiger partial charge on any atom is 0.329 e. The zero-order valence-corrected chi connectivity index (χ0v) is 13.9. The van der Waals surface area contributed by atoms with Crippen LogP contribution in [0.1, 0.15) is 24.4 Å². The van der Waals surface area contributed by atoms with Crippen molar-refractivity contribution < 1.29 is 0 Å². The predicted octanol–water partition coefficient (Wildman–Crippen LogP) is 2.57. The number of fused-ring (bicyclic) bond motifs is 1. The zero-order chi connectivity index (χ0) is 16.5. The molecule has 3 heterocycles. The highest BCUT2D eigenvalue weighted by atomic mass is 16.1. The molecule has 2 aromatic heterocycles. The Morgan fingerprint density at radius 3 is 2.42 bits per heavy atom. The summed E-state index contributed by atoms with van der Waals surface area (Å²) in [4.78, 5) is 19.2. The van der Waals surface area contributed by atoms with Gasteiger partial charge in [-0.1, -0.05) is 12.1 Å². The maximum absolute atomic E-state index is 12.7. The summed E-state index contributed by atoms with van der Waals surface area (Å²) in [6.45, 7) is 2.99. The Bertz CT molecular complexity index is 889. The molecule has 1 aliphatic rings. The molecule has 0 aliphatic carbocycles. The van der Waals surface area contributed by atoms with Crippen LogP contribution in [0.4, 0.5) is 0 Å². The number of piperidine rings is 1. The standard InChI is InChI=1S/C19H22N4O/c1-21-17-4-2-3-5-18(17)23(19(21)24)16-8-12-22(13-9-16)14-15-6-10-20-11-7-15/h2-7,10-11,16H,8-9,12-14H2,1H3. The number of pyridine rings is 1. The molecule has 124 valence electrons. The SMILES string of the molecule is Cn1c(=O)n(C2CCN(Cc3ccncc3)CC2)c2ccccc21. The van der Waals surface area contributed by atoms with Crippen molar-refractivity contribution in [3.8, 4) is 0 Å². The van der Waals surface area contributed by atoms with E-state index in [0.29, 0.717) is 0 Å². The lowest BCUT2D eigenvalue weighted by Crippen LogP contribution is -2.37. The minimum Gasteiger partial charge on any atom is -0.299 e. The van der Waals surface area contributed by atoms with Gasteiger partial charge >= 0.3 is 5.69 Å². The first-order valence-electron chi connectivity index (χ1n) is 8.51. The van der Waals surface area contributed by atoms with E-state index in [1.807, 2.05) is 42.2 Å². The van der Waals surface area contributed by atoms with Crippen molar-refractivity contribution in [1.82, 2.24) is 19.0 Å². The van der Waals surface area contributed by atoms with Gasteiger partial charge in [0.25, 0.3) is 0 Å². The number of nitrogens with zero attached hydrogens (tertiary/aromatic N) is 4. The number of rotatable bonds is 3. The van der Waals surface area contributed by atoms with Gasteiger partial charge in [0.05, 0.1) is 11.0 Å². The van der Waals surface area contributed by atoms with E-state index >= 15 is 0 Å². The van der Waals surface area contributed by atoms with E-state index in [-0.39, 0.29) is 11.7 Å². The van der Waals surface area contributed by atoms with Gasteiger partial charge in [-0.25, -0.2) is 4.79 Å². The normalized spacial score (nSPS) is 16.7. The minimum absolute atomic E-state index is 0.101. The summed E-state index contributed by atoms with van der Waals surface area (Å²) >= 11 is 0. The molecule has 0 bridgehead atoms. The molecule has 0 atom stereocenters. The van der Waals surface area contributed by atoms with Crippen LogP contribution in [0, 0.1) is 0 Å². The first-order valence-corrected chi connectivity index (χ1v) is 8.51. The van der Waals surface area contributed by atoms with E-state index < -0.39 is 0 Å². The number of hydrogen-bond donors (Lipinski definition) is 0. The summed E-state index contributed by atoms with van der Waals surface area (Å²) in [5, 5.41) is 0. The fraction of sp³-hybridized carbons (Fsp3) is 0.368. The number of aryl methyl sites for hydroxylation is 1. The van der Waals surface area contributed by atoms with Gasteiger partial charge in [-0.2, -0.15) is 0 Å². The Balaban J connectivity index is 1.52. The van der Waals surface area contributed by atoms with Crippen molar-refractivity contribution in [2.24, 2.45) is 7.05 Å². The maximum atomic E-state index is 12.7. The smallest absolute Gasteiger partial charge is 0.299 e. The Morgan fingerprint density at radius 2 is 1.71 bits per heavy atom. The van der Waals surface area contributed by atoms with Crippen LogP contribution in [0.25, 0.3) is 11.0 Å². The number of hydrogen-bond acceptors (Lipinski definition) is 3. The van der Waals surface area contributed by atoms with Gasteiger partial charge in [0, 0.05) is 45.1 Å². The summed E-state index contributed by atoms with van der Waals surface area (Å²) in [6.07, 6.45) is 5.72. The molecule has 0 unspecified atom stereocenters. The molecule has 0 amide bonds. The zero-order valence-electron chi connectivity index (χ0n) is 13.9. The summed E-state index contributed by atoms with van der Waals surface area (Å²) in [5.41, 5.74) is 3.47. The molecule has 0 saturated carbocycles. The molecule has 1 fully saturated rings. The van der Waals surface area contributed by atoms with E-state index in [9.17, 15) is 4.79 Å². The minimum atomic E-state index is 0.101. The topological polar surface area (TPSA) is 43.1 Å². The van der Waals surface area contributed by atoms with E-state index in [2.05, 4.69) is 28.1 Å². The first kappa shape index (κ1) is 15.1. The number of para-hydroxylation sites is 2. The Kier molecular flexibility index (Phi) is 3.94. The third-order valence-electron chi connectivity index (χ3n) is 5.07. The first-order chi connectivity index (χ1) is 11.7. The Labute approximate surface area is 141 Å². The largest absolute Gasteiger partial charge is 0.329 e. The number of imidazole rings is 1. The molecule has 3 aromatic rings. The highest BCUT2D eigenvalue weighted by Crippen LogP contribution is 2.26. The van der Waals surface area contributed by atoms with Crippen molar-refractivity contribution >= 4 is 11.0 Å². The summed E-state index contributed by atoms with van der Waals surface area (Å²) in [7, 11) is 1.86. The van der Waals surface area contributed by atoms with Gasteiger partial charge in [-0.3, -0.25) is 19.0 Å². The monoisotopic (exact) mass is 322 g/mol. The molecule has 24 heavy (non-hydrogen) atoms. The van der Waals surface area contributed by atoms with E-state index in [0.717, 1.165) is 43.5 Å². The lowest BCUT2D eigenvalue weighted by atomic mass is 10.0. The van der Waals surface area contributed by atoms with Gasteiger partial charge < -0.3 is 0 Å². The van der Waals surface area contributed by atoms with Crippen LogP contribution in [0.15, 0.2) is 53.6 Å². The molecule has 1 aliphatic heterocycles. The van der Waals surface area contributed by atoms with Gasteiger partial charge in [0.1, 0.15) is 0 Å². The van der Waals surface area contributed by atoms with Gasteiger partial charge in [0.2, 0.25) is 0 Å². The second-order valence-electron chi connectivity index (χ2n) is 6.56. The van der Waals surface area contributed by atoms with Crippen LogP contribution < -0.4 is 5.69 Å². The number of aromatic nitrogens is 3. The number of likely N-dealkylation sites (tertiary alicyclic amines) is 1. The van der Waals surface area contributed by atoms with Crippen molar-refractivity contribution in [2.45, 2.75) is 25.4 Å². The predicted molar refractivity (Wildman–Crippen MR) is 95.0 cm³/mol. The van der Waals surface area contributed by atoms with E-state index in [4.69, 9.17) is 0 Å². The van der Waals surface area contributed by atoms with Crippen LogP contribution in [0.3, 0.4) is 0 Å². The third-order valence-corrected chi connectivity index (χ3v) is 5.07. The summed E-state index contributed by atoms with van der Waals surface area (Å²) in [6, 6.07) is 12.5. The van der Waals surface area contributed by atoms with Crippen LogP contribution in [0.2, 0.25) is 0 Å². The van der Waals surface area contributed by atoms with Crippen LogP contribution in [-0.2, 0) is 13.6 Å². The van der Waals surface area contributed by atoms with Crippen molar-refractivity contribution in [3.63, 3.8) is 0 Å². The summed E-state index contributed by atoms with van der Waals surface area (Å²) in [5.74, 6) is 0. The second-order valence-corrected chi connectivity index (χ2v) is 6.56. The highest BCUT2D eigenvalue weighted by Gasteiger charge is 2.24.